The second-order valence-electron chi connectivity index (χ2n) is 4.74. The van der Waals surface area contributed by atoms with Crippen LogP contribution in [0.25, 0.3) is 0 Å². The summed E-state index contributed by atoms with van der Waals surface area (Å²) in [5, 5.41) is 3.00. The summed E-state index contributed by atoms with van der Waals surface area (Å²) >= 11 is 0. The Morgan fingerprint density at radius 2 is 1.83 bits per heavy atom. The van der Waals surface area contributed by atoms with Crippen LogP contribution in [-0.2, 0) is 0 Å². The maximum absolute atomic E-state index is 12.3. The van der Waals surface area contributed by atoms with Gasteiger partial charge in [-0.2, -0.15) is 0 Å². The lowest BCUT2D eigenvalue weighted by Gasteiger charge is -2.24. The Kier molecular flexibility index (Phi) is 4.56. The molecule has 4 nitrogen and oxygen atoms in total. The van der Waals surface area contributed by atoms with Gasteiger partial charge in [-0.25, -0.2) is 4.98 Å². The van der Waals surface area contributed by atoms with E-state index in [2.05, 4.69) is 10.3 Å². The maximum Gasteiger partial charge on any atom is 0.272 e. The van der Waals surface area contributed by atoms with Gasteiger partial charge in [-0.15, -0.1) is 0 Å². The van der Waals surface area contributed by atoms with Crippen molar-refractivity contribution in [1.29, 1.82) is 0 Å². The van der Waals surface area contributed by atoms with Crippen molar-refractivity contribution in [3.05, 3.63) is 24.0 Å². The summed E-state index contributed by atoms with van der Waals surface area (Å²) < 4.78 is 0. The van der Waals surface area contributed by atoms with E-state index in [0.717, 1.165) is 31.6 Å². The fourth-order valence-electron chi connectivity index (χ4n) is 2.28. The zero-order chi connectivity index (χ0) is 12.8. The first kappa shape index (κ1) is 12.9. The minimum Gasteiger partial charge on any atom is -0.387 e. The van der Waals surface area contributed by atoms with E-state index in [1.807, 2.05) is 18.0 Å². The monoisotopic (exact) mass is 247 g/mol. The van der Waals surface area contributed by atoms with Gasteiger partial charge in [-0.3, -0.25) is 4.79 Å². The molecule has 2 rings (SSSR count). The number of anilines is 1. The summed E-state index contributed by atoms with van der Waals surface area (Å²) in [5.74, 6) is 0.0690. The number of likely N-dealkylation sites (tertiary alicyclic amines) is 1. The van der Waals surface area contributed by atoms with Crippen molar-refractivity contribution in [1.82, 2.24) is 9.88 Å². The second-order valence-corrected chi connectivity index (χ2v) is 4.74. The van der Waals surface area contributed by atoms with Crippen molar-refractivity contribution in [2.24, 2.45) is 0 Å². The number of carbonyl (C=O) groups is 1. The minimum atomic E-state index is 0.0690. The number of amides is 1. The van der Waals surface area contributed by atoms with Crippen LogP contribution >= 0.6 is 0 Å². The number of aromatic nitrogens is 1. The second kappa shape index (κ2) is 6.38. The first-order valence-electron chi connectivity index (χ1n) is 6.74. The van der Waals surface area contributed by atoms with Gasteiger partial charge in [0.2, 0.25) is 0 Å². The van der Waals surface area contributed by atoms with Crippen molar-refractivity contribution in [3.63, 3.8) is 0 Å². The fourth-order valence-corrected chi connectivity index (χ4v) is 2.28. The lowest BCUT2D eigenvalue weighted by atomic mass is 10.1. The van der Waals surface area contributed by atoms with Crippen LogP contribution in [0.4, 0.5) is 5.69 Å². The van der Waals surface area contributed by atoms with E-state index in [1.165, 1.54) is 19.3 Å². The van der Waals surface area contributed by atoms with Crippen molar-refractivity contribution in [2.45, 2.75) is 32.1 Å². The van der Waals surface area contributed by atoms with Crippen LogP contribution in [0.2, 0.25) is 0 Å². The molecule has 4 heteroatoms. The number of pyridine rings is 1. The van der Waals surface area contributed by atoms with E-state index in [9.17, 15) is 4.79 Å². The molecule has 2 heterocycles. The highest BCUT2D eigenvalue weighted by molar-refractivity contribution is 5.92. The first-order chi connectivity index (χ1) is 8.81. The Bertz CT molecular complexity index is 381. The topological polar surface area (TPSA) is 45.2 Å². The summed E-state index contributed by atoms with van der Waals surface area (Å²) in [7, 11) is 1.84. The van der Waals surface area contributed by atoms with Crippen LogP contribution in [0.3, 0.4) is 0 Å². The van der Waals surface area contributed by atoms with E-state index >= 15 is 0 Å². The molecule has 1 aliphatic heterocycles. The summed E-state index contributed by atoms with van der Waals surface area (Å²) in [6, 6.07) is 3.69. The molecule has 0 aliphatic carbocycles. The molecule has 0 bridgehead atoms. The van der Waals surface area contributed by atoms with Gasteiger partial charge in [0.15, 0.2) is 0 Å². The molecule has 1 aromatic rings. The standard InChI is InChI=1S/C14H21N3O/c1-15-12-7-8-13(16-11-12)14(18)17-9-5-3-2-4-6-10-17/h7-8,11,15H,2-6,9-10H2,1H3. The smallest absolute Gasteiger partial charge is 0.272 e. The third-order valence-electron chi connectivity index (χ3n) is 3.41. The molecule has 1 aliphatic rings. The Morgan fingerprint density at radius 3 is 2.39 bits per heavy atom. The third-order valence-corrected chi connectivity index (χ3v) is 3.41. The van der Waals surface area contributed by atoms with E-state index in [4.69, 9.17) is 0 Å². The lowest BCUT2D eigenvalue weighted by Crippen LogP contribution is -2.34. The predicted molar refractivity (Wildman–Crippen MR) is 72.8 cm³/mol. The molecule has 1 aromatic heterocycles. The molecule has 0 unspecified atom stereocenters. The van der Waals surface area contributed by atoms with Crippen molar-refractivity contribution >= 4 is 11.6 Å². The number of rotatable bonds is 2. The minimum absolute atomic E-state index is 0.0690. The summed E-state index contributed by atoms with van der Waals surface area (Å²) in [4.78, 5) is 18.5. The zero-order valence-corrected chi connectivity index (χ0v) is 11.0. The number of nitrogens with zero attached hydrogens (tertiary/aromatic N) is 2. The van der Waals surface area contributed by atoms with Crippen molar-refractivity contribution in [3.8, 4) is 0 Å². The number of nitrogens with one attached hydrogen (secondary N) is 1. The average molecular weight is 247 g/mol. The molecule has 1 saturated heterocycles. The van der Waals surface area contributed by atoms with Crippen molar-refractivity contribution in [2.75, 3.05) is 25.5 Å². The Morgan fingerprint density at radius 1 is 1.17 bits per heavy atom. The van der Waals surface area contributed by atoms with Gasteiger partial charge < -0.3 is 10.2 Å². The molecule has 1 N–H and O–H groups in total. The van der Waals surface area contributed by atoms with Crippen LogP contribution in [0.1, 0.15) is 42.6 Å². The van der Waals surface area contributed by atoms with Crippen LogP contribution < -0.4 is 5.32 Å². The molecule has 0 radical (unpaired) electrons. The Hall–Kier alpha value is -1.58. The number of carbonyl (C=O) groups excluding carboxylic acids is 1. The SMILES string of the molecule is CNc1ccc(C(=O)N2CCCCCCC2)nc1. The molecule has 0 saturated carbocycles. The maximum atomic E-state index is 12.3. The summed E-state index contributed by atoms with van der Waals surface area (Å²) in [6.07, 6.45) is 7.70. The van der Waals surface area contributed by atoms with E-state index in [-0.39, 0.29) is 5.91 Å². The van der Waals surface area contributed by atoms with Gasteiger partial charge in [0.1, 0.15) is 5.69 Å². The normalized spacial score (nSPS) is 16.8. The molecule has 98 valence electrons. The highest BCUT2D eigenvalue weighted by Gasteiger charge is 2.17. The first-order valence-corrected chi connectivity index (χ1v) is 6.74. The van der Waals surface area contributed by atoms with Crippen LogP contribution in [0, 0.1) is 0 Å². The average Bonchev–Trinajstić information content (AvgIpc) is 2.38. The predicted octanol–water partition coefficient (Wildman–Crippen LogP) is 2.53. The van der Waals surface area contributed by atoms with E-state index < -0.39 is 0 Å². The molecule has 0 atom stereocenters. The van der Waals surface area contributed by atoms with Crippen LogP contribution in [0.15, 0.2) is 18.3 Å². The van der Waals surface area contributed by atoms with Crippen molar-refractivity contribution < 1.29 is 4.79 Å². The molecule has 0 spiro atoms. The summed E-state index contributed by atoms with van der Waals surface area (Å²) in [6.45, 7) is 1.74. The molecular formula is C14H21N3O. The largest absolute Gasteiger partial charge is 0.387 e. The van der Waals surface area contributed by atoms with Gasteiger partial charge in [0.25, 0.3) is 5.91 Å². The van der Waals surface area contributed by atoms with Gasteiger partial charge in [-0.05, 0) is 25.0 Å². The van der Waals surface area contributed by atoms with E-state index in [0.29, 0.717) is 5.69 Å². The Labute approximate surface area is 108 Å². The van der Waals surface area contributed by atoms with E-state index in [1.54, 1.807) is 12.3 Å². The highest BCUT2D eigenvalue weighted by Crippen LogP contribution is 2.13. The zero-order valence-electron chi connectivity index (χ0n) is 11.0. The van der Waals surface area contributed by atoms with Crippen LogP contribution in [-0.4, -0.2) is 35.9 Å². The molecule has 18 heavy (non-hydrogen) atoms. The third kappa shape index (κ3) is 3.22. The van der Waals surface area contributed by atoms with Crippen LogP contribution in [0.5, 0.6) is 0 Å². The summed E-state index contributed by atoms with van der Waals surface area (Å²) in [5.41, 5.74) is 1.48. The Balaban J connectivity index is 2.03. The molecule has 1 fully saturated rings. The van der Waals surface area contributed by atoms with Gasteiger partial charge in [0, 0.05) is 20.1 Å². The quantitative estimate of drug-likeness (QED) is 0.873. The highest BCUT2D eigenvalue weighted by atomic mass is 16.2. The van der Waals surface area contributed by atoms with Gasteiger partial charge >= 0.3 is 0 Å². The number of hydrogen-bond donors (Lipinski definition) is 1. The fraction of sp³-hybridized carbons (Fsp3) is 0.571. The number of hydrogen-bond acceptors (Lipinski definition) is 3. The molecular weight excluding hydrogens is 226 g/mol. The lowest BCUT2D eigenvalue weighted by molar-refractivity contribution is 0.0736. The van der Waals surface area contributed by atoms with Gasteiger partial charge in [0.05, 0.1) is 11.9 Å². The molecule has 0 aromatic carbocycles. The van der Waals surface area contributed by atoms with Gasteiger partial charge in [-0.1, -0.05) is 19.3 Å². The molecule has 1 amide bonds.